The fraction of sp³-hybridized carbons (Fsp3) is 0.750. The lowest BCUT2D eigenvalue weighted by Gasteiger charge is -2.18. The van der Waals surface area contributed by atoms with Gasteiger partial charge in [0.15, 0.2) is 0 Å². The SMILES string of the molecule is CCCc1nc(NCC)c(C)c(SCCN(CC)CC)n1. The molecule has 0 fully saturated rings. The average molecular weight is 311 g/mol. The minimum Gasteiger partial charge on any atom is -0.370 e. The van der Waals surface area contributed by atoms with E-state index in [-0.39, 0.29) is 0 Å². The molecule has 0 bridgehead atoms. The first-order valence-corrected chi connectivity index (χ1v) is 9.11. The third-order valence-electron chi connectivity index (χ3n) is 3.51. The topological polar surface area (TPSA) is 41.1 Å². The predicted molar refractivity (Wildman–Crippen MR) is 93.4 cm³/mol. The van der Waals surface area contributed by atoms with Gasteiger partial charge in [-0.1, -0.05) is 20.8 Å². The first-order valence-electron chi connectivity index (χ1n) is 8.12. The van der Waals surface area contributed by atoms with Crippen LogP contribution >= 0.6 is 11.8 Å². The monoisotopic (exact) mass is 310 g/mol. The van der Waals surface area contributed by atoms with Gasteiger partial charge in [0.2, 0.25) is 0 Å². The minimum atomic E-state index is 0.896. The van der Waals surface area contributed by atoms with Gasteiger partial charge in [0.1, 0.15) is 16.7 Å². The highest BCUT2D eigenvalue weighted by atomic mass is 32.2. The molecule has 5 heteroatoms. The molecule has 4 nitrogen and oxygen atoms in total. The Morgan fingerprint density at radius 1 is 1.10 bits per heavy atom. The molecule has 0 amide bonds. The molecule has 0 saturated carbocycles. The predicted octanol–water partition coefficient (Wildman–Crippen LogP) is 3.60. The van der Waals surface area contributed by atoms with E-state index in [1.165, 1.54) is 5.56 Å². The smallest absolute Gasteiger partial charge is 0.133 e. The van der Waals surface area contributed by atoms with E-state index in [2.05, 4.69) is 49.8 Å². The first kappa shape index (κ1) is 18.2. The Labute approximate surface area is 134 Å². The van der Waals surface area contributed by atoms with E-state index in [0.29, 0.717) is 0 Å². The maximum Gasteiger partial charge on any atom is 0.133 e. The second-order valence-corrected chi connectivity index (χ2v) is 6.16. The Balaban J connectivity index is 2.78. The van der Waals surface area contributed by atoms with Crippen molar-refractivity contribution in [2.24, 2.45) is 0 Å². The van der Waals surface area contributed by atoms with Crippen molar-refractivity contribution in [2.75, 3.05) is 37.2 Å². The number of aromatic nitrogens is 2. The highest BCUT2D eigenvalue weighted by Crippen LogP contribution is 2.25. The van der Waals surface area contributed by atoms with Gasteiger partial charge >= 0.3 is 0 Å². The maximum absolute atomic E-state index is 4.75. The van der Waals surface area contributed by atoms with E-state index >= 15 is 0 Å². The summed E-state index contributed by atoms with van der Waals surface area (Å²) >= 11 is 1.85. The van der Waals surface area contributed by atoms with Crippen molar-refractivity contribution >= 4 is 17.6 Å². The second-order valence-electron chi connectivity index (χ2n) is 5.07. The summed E-state index contributed by atoms with van der Waals surface area (Å²) < 4.78 is 0. The number of nitrogens with zero attached hydrogens (tertiary/aromatic N) is 3. The zero-order valence-corrected chi connectivity index (χ0v) is 15.0. The molecule has 0 saturated heterocycles. The van der Waals surface area contributed by atoms with E-state index < -0.39 is 0 Å². The van der Waals surface area contributed by atoms with Crippen LogP contribution in [0.3, 0.4) is 0 Å². The number of rotatable bonds is 10. The Morgan fingerprint density at radius 2 is 1.81 bits per heavy atom. The molecule has 1 heterocycles. The van der Waals surface area contributed by atoms with Crippen molar-refractivity contribution in [3.8, 4) is 0 Å². The highest BCUT2D eigenvalue weighted by Gasteiger charge is 2.11. The Bertz CT molecular complexity index is 419. The zero-order chi connectivity index (χ0) is 15.7. The Morgan fingerprint density at radius 3 is 2.38 bits per heavy atom. The van der Waals surface area contributed by atoms with Gasteiger partial charge in [0, 0.05) is 30.8 Å². The number of nitrogens with one attached hydrogen (secondary N) is 1. The fourth-order valence-electron chi connectivity index (χ4n) is 2.17. The number of thioether (sulfide) groups is 1. The second kappa shape index (κ2) is 10.0. The molecule has 120 valence electrons. The molecular weight excluding hydrogens is 280 g/mol. The van der Waals surface area contributed by atoms with Gasteiger partial charge in [-0.15, -0.1) is 11.8 Å². The van der Waals surface area contributed by atoms with Crippen molar-refractivity contribution < 1.29 is 0 Å². The van der Waals surface area contributed by atoms with Crippen molar-refractivity contribution in [3.63, 3.8) is 0 Å². The van der Waals surface area contributed by atoms with Gasteiger partial charge in [0.05, 0.1) is 0 Å². The molecule has 1 N–H and O–H groups in total. The van der Waals surface area contributed by atoms with E-state index in [1.54, 1.807) is 0 Å². The van der Waals surface area contributed by atoms with Crippen LogP contribution < -0.4 is 5.32 Å². The Hall–Kier alpha value is -0.810. The van der Waals surface area contributed by atoms with Crippen LogP contribution in [0.2, 0.25) is 0 Å². The average Bonchev–Trinajstić information content (AvgIpc) is 2.48. The molecule has 21 heavy (non-hydrogen) atoms. The summed E-state index contributed by atoms with van der Waals surface area (Å²) in [7, 11) is 0. The summed E-state index contributed by atoms with van der Waals surface area (Å²) in [6, 6.07) is 0. The van der Waals surface area contributed by atoms with Crippen LogP contribution in [0.25, 0.3) is 0 Å². The van der Waals surface area contributed by atoms with Crippen molar-refractivity contribution in [1.29, 1.82) is 0 Å². The standard InChI is InChI=1S/C16H30N4S/c1-6-10-14-18-15(17-7-2)13(5)16(19-14)21-12-11-20(8-3)9-4/h6-12H2,1-5H3,(H,17,18,19). The van der Waals surface area contributed by atoms with Gasteiger partial charge in [-0.05, 0) is 33.4 Å². The van der Waals surface area contributed by atoms with Crippen LogP contribution in [0.4, 0.5) is 5.82 Å². The quantitative estimate of drug-likeness (QED) is 0.528. The molecule has 0 aliphatic heterocycles. The summed E-state index contributed by atoms with van der Waals surface area (Å²) in [5, 5.41) is 4.50. The lowest BCUT2D eigenvalue weighted by Crippen LogP contribution is -2.25. The first-order chi connectivity index (χ1) is 10.2. The molecule has 1 aromatic rings. The van der Waals surface area contributed by atoms with Crippen molar-refractivity contribution in [3.05, 3.63) is 11.4 Å². The summed E-state index contributed by atoms with van der Waals surface area (Å²) in [5.41, 5.74) is 1.18. The molecule has 1 aromatic heterocycles. The van der Waals surface area contributed by atoms with Crippen LogP contribution in [0.5, 0.6) is 0 Å². The Kier molecular flexibility index (Phi) is 8.69. The minimum absolute atomic E-state index is 0.896. The van der Waals surface area contributed by atoms with Crippen LogP contribution in [0.15, 0.2) is 5.03 Å². The third-order valence-corrected chi connectivity index (χ3v) is 4.56. The molecule has 0 atom stereocenters. The third kappa shape index (κ3) is 5.83. The lowest BCUT2D eigenvalue weighted by molar-refractivity contribution is 0.324. The fourth-order valence-corrected chi connectivity index (χ4v) is 3.19. The van der Waals surface area contributed by atoms with Crippen molar-refractivity contribution in [2.45, 2.75) is 52.5 Å². The molecular formula is C16H30N4S. The van der Waals surface area contributed by atoms with E-state index in [1.807, 2.05) is 11.8 Å². The van der Waals surface area contributed by atoms with Crippen molar-refractivity contribution in [1.82, 2.24) is 14.9 Å². The molecule has 1 rings (SSSR count). The summed E-state index contributed by atoms with van der Waals surface area (Å²) in [4.78, 5) is 11.8. The van der Waals surface area contributed by atoms with Crippen LogP contribution in [0.1, 0.15) is 45.5 Å². The molecule has 0 radical (unpaired) electrons. The lowest BCUT2D eigenvalue weighted by atomic mass is 10.3. The highest BCUT2D eigenvalue weighted by molar-refractivity contribution is 7.99. The molecule has 0 unspecified atom stereocenters. The van der Waals surface area contributed by atoms with Crippen LogP contribution in [-0.4, -0.2) is 46.8 Å². The van der Waals surface area contributed by atoms with Gasteiger partial charge in [-0.2, -0.15) is 0 Å². The van der Waals surface area contributed by atoms with E-state index in [9.17, 15) is 0 Å². The molecule has 0 aliphatic rings. The number of anilines is 1. The number of hydrogen-bond acceptors (Lipinski definition) is 5. The number of aryl methyl sites for hydroxylation is 1. The normalized spacial score (nSPS) is 11.1. The van der Waals surface area contributed by atoms with Crippen LogP contribution in [-0.2, 0) is 6.42 Å². The van der Waals surface area contributed by atoms with Gasteiger partial charge in [-0.3, -0.25) is 0 Å². The number of hydrogen-bond donors (Lipinski definition) is 1. The van der Waals surface area contributed by atoms with E-state index in [0.717, 1.165) is 61.4 Å². The van der Waals surface area contributed by atoms with E-state index in [4.69, 9.17) is 4.98 Å². The summed E-state index contributed by atoms with van der Waals surface area (Å²) in [6.45, 7) is 15.1. The zero-order valence-electron chi connectivity index (χ0n) is 14.2. The van der Waals surface area contributed by atoms with Gasteiger partial charge in [0.25, 0.3) is 0 Å². The summed E-state index contributed by atoms with van der Waals surface area (Å²) in [5.74, 6) is 3.04. The van der Waals surface area contributed by atoms with Gasteiger partial charge in [-0.25, -0.2) is 9.97 Å². The summed E-state index contributed by atoms with van der Waals surface area (Å²) in [6.07, 6.45) is 2.03. The van der Waals surface area contributed by atoms with Gasteiger partial charge < -0.3 is 10.2 Å². The molecule has 0 spiro atoms. The largest absolute Gasteiger partial charge is 0.370 e. The molecule has 0 aliphatic carbocycles. The van der Waals surface area contributed by atoms with Crippen LogP contribution in [0, 0.1) is 6.92 Å². The molecule has 0 aromatic carbocycles. The maximum atomic E-state index is 4.75.